The summed E-state index contributed by atoms with van der Waals surface area (Å²) in [5.41, 5.74) is 3.36. The largest absolute Gasteiger partial charge is 0.396 e. The summed E-state index contributed by atoms with van der Waals surface area (Å²) >= 11 is 1.66. The Hall–Kier alpha value is -1.65. The number of aromatic nitrogens is 2. The van der Waals surface area contributed by atoms with Gasteiger partial charge in [-0.1, -0.05) is 18.2 Å². The van der Waals surface area contributed by atoms with Crippen LogP contribution in [0.1, 0.15) is 12.1 Å². The van der Waals surface area contributed by atoms with Crippen LogP contribution in [0, 0.1) is 0 Å². The molecule has 3 aromatic rings. The van der Waals surface area contributed by atoms with E-state index >= 15 is 0 Å². The van der Waals surface area contributed by atoms with Gasteiger partial charge in [0.05, 0.1) is 5.69 Å². The van der Waals surface area contributed by atoms with Gasteiger partial charge >= 0.3 is 0 Å². The molecule has 0 fully saturated rings. The van der Waals surface area contributed by atoms with Crippen molar-refractivity contribution in [1.29, 1.82) is 0 Å². The summed E-state index contributed by atoms with van der Waals surface area (Å²) < 4.78 is 0. The molecule has 0 spiro atoms. The van der Waals surface area contributed by atoms with Crippen LogP contribution < -0.4 is 0 Å². The summed E-state index contributed by atoms with van der Waals surface area (Å²) in [5.74, 6) is 0. The van der Waals surface area contributed by atoms with Gasteiger partial charge < -0.3 is 10.1 Å². The number of nitrogens with zero attached hydrogens (tertiary/aromatic N) is 1. The van der Waals surface area contributed by atoms with Gasteiger partial charge in [0.2, 0.25) is 0 Å². The number of para-hydroxylation sites is 1. The number of hydrogen-bond acceptors (Lipinski definition) is 3. The molecular formula is C14H14N2OS. The number of rotatable bonds is 4. The van der Waals surface area contributed by atoms with Gasteiger partial charge in [-0.05, 0) is 18.9 Å². The Balaban J connectivity index is 1.96. The highest BCUT2D eigenvalue weighted by Gasteiger charge is 2.09. The molecule has 0 atom stereocenters. The summed E-state index contributed by atoms with van der Waals surface area (Å²) in [4.78, 5) is 7.89. The first kappa shape index (κ1) is 11.4. The molecule has 0 aliphatic rings. The number of hydrogen-bond donors (Lipinski definition) is 2. The monoisotopic (exact) mass is 258 g/mol. The topological polar surface area (TPSA) is 48.9 Å². The maximum atomic E-state index is 8.83. The van der Waals surface area contributed by atoms with Crippen LogP contribution in [0.4, 0.5) is 0 Å². The van der Waals surface area contributed by atoms with Crippen LogP contribution >= 0.6 is 11.3 Å². The van der Waals surface area contributed by atoms with Gasteiger partial charge in [-0.15, -0.1) is 11.3 Å². The fourth-order valence-corrected chi connectivity index (χ4v) is 2.94. The molecule has 0 aliphatic carbocycles. The minimum absolute atomic E-state index is 0.222. The van der Waals surface area contributed by atoms with Crippen LogP contribution in [0.15, 0.2) is 35.8 Å². The number of aryl methyl sites for hydroxylation is 1. The molecule has 18 heavy (non-hydrogen) atoms. The van der Waals surface area contributed by atoms with E-state index in [1.165, 1.54) is 5.39 Å². The molecule has 2 N–H and O–H groups in total. The first-order valence-electron chi connectivity index (χ1n) is 6.00. The van der Waals surface area contributed by atoms with Crippen molar-refractivity contribution in [2.45, 2.75) is 12.8 Å². The highest BCUT2D eigenvalue weighted by Crippen LogP contribution is 2.30. The number of aliphatic hydroxyl groups excluding tert-OH is 1. The Kier molecular flexibility index (Phi) is 3.13. The quantitative estimate of drug-likeness (QED) is 0.755. The van der Waals surface area contributed by atoms with Gasteiger partial charge in [0.25, 0.3) is 0 Å². The Morgan fingerprint density at radius 1 is 1.28 bits per heavy atom. The van der Waals surface area contributed by atoms with E-state index in [9.17, 15) is 0 Å². The van der Waals surface area contributed by atoms with Gasteiger partial charge in [0.1, 0.15) is 5.01 Å². The zero-order valence-electron chi connectivity index (χ0n) is 9.89. The van der Waals surface area contributed by atoms with Crippen LogP contribution in [0.2, 0.25) is 0 Å². The van der Waals surface area contributed by atoms with Crippen molar-refractivity contribution in [2.75, 3.05) is 6.61 Å². The molecule has 3 rings (SSSR count). The van der Waals surface area contributed by atoms with Crippen LogP contribution in [0.3, 0.4) is 0 Å². The van der Waals surface area contributed by atoms with Gasteiger partial charge in [-0.25, -0.2) is 4.98 Å². The second kappa shape index (κ2) is 4.92. The molecule has 0 aliphatic heterocycles. The first-order chi connectivity index (χ1) is 8.88. The number of fused-ring (bicyclic) bond motifs is 1. The molecule has 0 amide bonds. The number of H-pyrrole nitrogens is 1. The average molecular weight is 258 g/mol. The van der Waals surface area contributed by atoms with Gasteiger partial charge in [-0.3, -0.25) is 0 Å². The fraction of sp³-hybridized carbons (Fsp3) is 0.214. The van der Waals surface area contributed by atoms with E-state index in [1.54, 1.807) is 11.3 Å². The molecule has 0 unspecified atom stereocenters. The highest BCUT2D eigenvalue weighted by atomic mass is 32.1. The van der Waals surface area contributed by atoms with Gasteiger partial charge in [0.15, 0.2) is 0 Å². The third kappa shape index (κ3) is 2.05. The van der Waals surface area contributed by atoms with Crippen molar-refractivity contribution < 1.29 is 5.11 Å². The standard InChI is InChI=1S/C14H14N2OS/c17-7-3-4-10-9-18-14(16-10)12-8-15-13-6-2-1-5-11(12)13/h1-2,5-6,8-9,15,17H,3-4,7H2. The summed E-state index contributed by atoms with van der Waals surface area (Å²) in [7, 11) is 0. The SMILES string of the molecule is OCCCc1csc(-c2c[nH]c3ccccc23)n1. The van der Waals surface area contributed by atoms with Crippen molar-refractivity contribution in [2.24, 2.45) is 0 Å². The Bertz CT molecular complexity index is 656. The van der Waals surface area contributed by atoms with E-state index in [-0.39, 0.29) is 6.61 Å². The van der Waals surface area contributed by atoms with Crippen LogP contribution in [0.5, 0.6) is 0 Å². The van der Waals surface area contributed by atoms with Crippen molar-refractivity contribution in [3.8, 4) is 10.6 Å². The van der Waals surface area contributed by atoms with Gasteiger partial charge in [-0.2, -0.15) is 0 Å². The second-order valence-corrected chi connectivity index (χ2v) is 5.08. The number of benzene rings is 1. The maximum Gasteiger partial charge on any atom is 0.125 e. The van der Waals surface area contributed by atoms with E-state index < -0.39 is 0 Å². The summed E-state index contributed by atoms with van der Waals surface area (Å²) in [6.45, 7) is 0.222. The Morgan fingerprint density at radius 3 is 3.06 bits per heavy atom. The number of aliphatic hydroxyl groups is 1. The van der Waals surface area contributed by atoms with Crippen LogP contribution in [0.25, 0.3) is 21.5 Å². The molecule has 0 bridgehead atoms. The van der Waals surface area contributed by atoms with Crippen LogP contribution in [-0.2, 0) is 6.42 Å². The Morgan fingerprint density at radius 2 is 2.17 bits per heavy atom. The number of aromatic amines is 1. The third-order valence-electron chi connectivity index (χ3n) is 2.96. The molecule has 0 saturated carbocycles. The minimum atomic E-state index is 0.222. The third-order valence-corrected chi connectivity index (χ3v) is 3.89. The Labute approximate surface area is 109 Å². The predicted octanol–water partition coefficient (Wildman–Crippen LogP) is 3.22. The van der Waals surface area contributed by atoms with E-state index in [4.69, 9.17) is 5.11 Å². The zero-order valence-corrected chi connectivity index (χ0v) is 10.7. The predicted molar refractivity (Wildman–Crippen MR) is 74.8 cm³/mol. The summed E-state index contributed by atoms with van der Waals surface area (Å²) in [6, 6.07) is 8.24. The van der Waals surface area contributed by atoms with E-state index in [1.807, 2.05) is 18.3 Å². The first-order valence-corrected chi connectivity index (χ1v) is 6.88. The van der Waals surface area contributed by atoms with E-state index in [0.717, 1.165) is 34.6 Å². The molecule has 1 aromatic carbocycles. The lowest BCUT2D eigenvalue weighted by molar-refractivity contribution is 0.288. The van der Waals surface area contributed by atoms with E-state index in [2.05, 4.69) is 27.5 Å². The molecule has 2 heterocycles. The zero-order chi connectivity index (χ0) is 12.4. The fourth-order valence-electron chi connectivity index (χ4n) is 2.05. The van der Waals surface area contributed by atoms with Crippen molar-refractivity contribution in [3.05, 3.63) is 41.5 Å². The smallest absolute Gasteiger partial charge is 0.125 e. The molecule has 3 nitrogen and oxygen atoms in total. The maximum absolute atomic E-state index is 8.83. The lowest BCUT2D eigenvalue weighted by Gasteiger charge is -1.94. The molecule has 4 heteroatoms. The highest BCUT2D eigenvalue weighted by molar-refractivity contribution is 7.13. The van der Waals surface area contributed by atoms with E-state index in [0.29, 0.717) is 0 Å². The second-order valence-electron chi connectivity index (χ2n) is 4.22. The van der Waals surface area contributed by atoms with Crippen molar-refractivity contribution >= 4 is 22.2 Å². The molecule has 0 radical (unpaired) electrons. The van der Waals surface area contributed by atoms with Crippen molar-refractivity contribution in [3.63, 3.8) is 0 Å². The minimum Gasteiger partial charge on any atom is -0.396 e. The summed E-state index contributed by atoms with van der Waals surface area (Å²) in [5, 5.41) is 13.2. The van der Waals surface area contributed by atoms with Crippen molar-refractivity contribution in [1.82, 2.24) is 9.97 Å². The lowest BCUT2D eigenvalue weighted by Crippen LogP contribution is -1.89. The summed E-state index contributed by atoms with van der Waals surface area (Å²) in [6.07, 6.45) is 3.63. The molecular weight excluding hydrogens is 244 g/mol. The molecule has 0 saturated heterocycles. The van der Waals surface area contributed by atoms with Gasteiger partial charge in [0, 0.05) is 34.7 Å². The lowest BCUT2D eigenvalue weighted by atomic mass is 10.2. The molecule has 92 valence electrons. The van der Waals surface area contributed by atoms with Crippen LogP contribution in [-0.4, -0.2) is 21.7 Å². The number of thiazole rings is 1. The average Bonchev–Trinajstić information content (AvgIpc) is 3.02. The number of nitrogens with one attached hydrogen (secondary N) is 1. The normalized spacial score (nSPS) is 11.2. The molecule has 2 aromatic heterocycles.